The summed E-state index contributed by atoms with van der Waals surface area (Å²) in [6, 6.07) is 0. The monoisotopic (exact) mass is 360 g/mol. The Morgan fingerprint density at radius 1 is 1.15 bits per heavy atom. The van der Waals surface area contributed by atoms with Gasteiger partial charge in [0.2, 0.25) is 0 Å². The molecular formula is C21H28O5. The van der Waals surface area contributed by atoms with Crippen molar-refractivity contribution >= 4 is 17.3 Å². The Morgan fingerprint density at radius 3 is 2.50 bits per heavy atom. The van der Waals surface area contributed by atoms with Gasteiger partial charge in [-0.2, -0.15) is 0 Å². The highest BCUT2D eigenvalue weighted by Gasteiger charge is 2.67. The van der Waals surface area contributed by atoms with E-state index in [1.165, 1.54) is 0 Å². The predicted octanol–water partition coefficient (Wildman–Crippen LogP) is 1.99. The molecule has 3 saturated carbocycles. The maximum absolute atomic E-state index is 12.9. The lowest BCUT2D eigenvalue weighted by Gasteiger charge is -2.59. The number of rotatable bonds is 1. The number of hydrogen-bond donors (Lipinski definition) is 2. The first kappa shape index (κ1) is 18.1. The van der Waals surface area contributed by atoms with Crippen LogP contribution in [0.25, 0.3) is 0 Å². The van der Waals surface area contributed by atoms with Gasteiger partial charge in [0.25, 0.3) is 0 Å². The maximum Gasteiger partial charge on any atom is 0.162 e. The fraction of sp³-hybridized carbons (Fsp3) is 0.762. The van der Waals surface area contributed by atoms with Gasteiger partial charge in [0, 0.05) is 23.7 Å². The highest BCUT2D eigenvalue weighted by molar-refractivity contribution is 5.99. The lowest BCUT2D eigenvalue weighted by molar-refractivity contribution is -0.153. The molecule has 0 aromatic carbocycles. The zero-order chi connectivity index (χ0) is 19.1. The highest BCUT2D eigenvalue weighted by Crippen LogP contribution is 2.66. The minimum Gasteiger partial charge on any atom is -0.385 e. The molecule has 0 heterocycles. The summed E-state index contributed by atoms with van der Waals surface area (Å²) in [7, 11) is 0. The van der Waals surface area contributed by atoms with Gasteiger partial charge in [0.1, 0.15) is 11.9 Å². The number of ketones is 3. The molecule has 4 rings (SSSR count). The smallest absolute Gasteiger partial charge is 0.162 e. The van der Waals surface area contributed by atoms with E-state index in [2.05, 4.69) is 0 Å². The molecule has 5 heteroatoms. The van der Waals surface area contributed by atoms with E-state index in [1.54, 1.807) is 13.0 Å². The van der Waals surface area contributed by atoms with Crippen LogP contribution in [0.2, 0.25) is 0 Å². The Kier molecular flexibility index (Phi) is 3.72. The van der Waals surface area contributed by atoms with Crippen LogP contribution in [0.3, 0.4) is 0 Å². The van der Waals surface area contributed by atoms with Gasteiger partial charge in [0.05, 0.1) is 5.60 Å². The zero-order valence-corrected chi connectivity index (χ0v) is 15.7. The largest absolute Gasteiger partial charge is 0.385 e. The van der Waals surface area contributed by atoms with Crippen LogP contribution in [-0.2, 0) is 14.4 Å². The van der Waals surface area contributed by atoms with E-state index >= 15 is 0 Å². The second-order valence-electron chi connectivity index (χ2n) is 9.52. The van der Waals surface area contributed by atoms with Crippen LogP contribution in [0, 0.1) is 28.6 Å². The van der Waals surface area contributed by atoms with Crippen molar-refractivity contribution in [3.8, 4) is 0 Å². The molecule has 0 aromatic heterocycles. The van der Waals surface area contributed by atoms with E-state index in [-0.39, 0.29) is 42.0 Å². The zero-order valence-electron chi connectivity index (χ0n) is 15.7. The van der Waals surface area contributed by atoms with Crippen LogP contribution in [0.4, 0.5) is 0 Å². The Bertz CT molecular complexity index is 739. The summed E-state index contributed by atoms with van der Waals surface area (Å²) in [5.41, 5.74) is -1.46. The quantitative estimate of drug-likeness (QED) is 0.746. The minimum absolute atomic E-state index is 0.0308. The molecule has 3 fully saturated rings. The van der Waals surface area contributed by atoms with E-state index in [4.69, 9.17) is 0 Å². The second kappa shape index (κ2) is 5.35. The SMILES string of the molecule is CC(=O)[C@H]1CC[C@@]2(O)C3=CC(=O)C4CC(=O)C(O)C[C@]4(C)[C@H]3CC[C@]12C. The Balaban J connectivity index is 1.81. The molecule has 26 heavy (non-hydrogen) atoms. The van der Waals surface area contributed by atoms with E-state index < -0.39 is 28.5 Å². The number of hydrogen-bond acceptors (Lipinski definition) is 5. The normalized spacial score (nSPS) is 50.6. The van der Waals surface area contributed by atoms with Crippen LogP contribution >= 0.6 is 0 Å². The highest BCUT2D eigenvalue weighted by atomic mass is 16.3. The number of Topliss-reactive ketones (excluding diaryl/α,β-unsaturated/α-hetero) is 2. The molecule has 0 bridgehead atoms. The van der Waals surface area contributed by atoms with E-state index in [0.29, 0.717) is 12.8 Å². The second-order valence-corrected chi connectivity index (χ2v) is 9.52. The summed E-state index contributed by atoms with van der Waals surface area (Å²) >= 11 is 0. The third-order valence-electron chi connectivity index (χ3n) is 8.45. The standard InChI is InChI=1S/C21H28O5/c1-11(22)12-5-7-21(26)14-8-16(23)15-9-17(24)18(25)10-19(15,2)13(14)4-6-20(12,21)3/h8,12-13,15,18,25-26H,4-7,9-10H2,1-3H3/t12-,13+,15?,18?,19-,20-,21-/m1/s1. The summed E-state index contributed by atoms with van der Waals surface area (Å²) in [6.45, 7) is 5.57. The first-order chi connectivity index (χ1) is 12.0. The Morgan fingerprint density at radius 2 is 1.85 bits per heavy atom. The van der Waals surface area contributed by atoms with E-state index in [1.807, 2.05) is 13.8 Å². The first-order valence-electron chi connectivity index (χ1n) is 9.74. The molecule has 7 atom stereocenters. The number of aliphatic hydroxyl groups is 2. The summed E-state index contributed by atoms with van der Waals surface area (Å²) in [4.78, 5) is 37.1. The van der Waals surface area contributed by atoms with Gasteiger partial charge < -0.3 is 10.2 Å². The van der Waals surface area contributed by atoms with Crippen LogP contribution in [0.1, 0.15) is 59.3 Å². The number of allylic oxidation sites excluding steroid dienone is 1. The Labute approximate surface area is 153 Å². The van der Waals surface area contributed by atoms with Gasteiger partial charge in [-0.15, -0.1) is 0 Å². The summed E-state index contributed by atoms with van der Waals surface area (Å²) in [6.07, 6.45) is 3.54. The van der Waals surface area contributed by atoms with Crippen LogP contribution in [-0.4, -0.2) is 39.3 Å². The average molecular weight is 360 g/mol. The molecule has 0 saturated heterocycles. The Hall–Kier alpha value is -1.33. The maximum atomic E-state index is 12.9. The van der Waals surface area contributed by atoms with Crippen LogP contribution < -0.4 is 0 Å². The van der Waals surface area contributed by atoms with E-state index in [0.717, 1.165) is 18.4 Å². The molecule has 0 radical (unpaired) electrons. The van der Waals surface area contributed by atoms with Crippen molar-refractivity contribution in [3.63, 3.8) is 0 Å². The number of carbonyl (C=O) groups is 3. The summed E-state index contributed by atoms with van der Waals surface area (Å²) in [5, 5.41) is 21.9. The average Bonchev–Trinajstić information content (AvgIpc) is 2.83. The molecule has 5 nitrogen and oxygen atoms in total. The lowest BCUT2D eigenvalue weighted by atomic mass is 9.46. The van der Waals surface area contributed by atoms with Gasteiger partial charge in [-0.3, -0.25) is 14.4 Å². The van der Waals surface area contributed by atoms with Crippen molar-refractivity contribution in [3.05, 3.63) is 11.6 Å². The van der Waals surface area contributed by atoms with Gasteiger partial charge in [-0.05, 0) is 62.0 Å². The van der Waals surface area contributed by atoms with Crippen molar-refractivity contribution in [1.29, 1.82) is 0 Å². The van der Waals surface area contributed by atoms with Crippen molar-refractivity contribution < 1.29 is 24.6 Å². The van der Waals surface area contributed by atoms with Crippen molar-refractivity contribution in [1.82, 2.24) is 0 Å². The molecule has 2 unspecified atom stereocenters. The first-order valence-corrected chi connectivity index (χ1v) is 9.74. The summed E-state index contributed by atoms with van der Waals surface area (Å²) < 4.78 is 0. The van der Waals surface area contributed by atoms with Crippen molar-refractivity contribution in [2.45, 2.75) is 71.0 Å². The fourth-order valence-corrected chi connectivity index (χ4v) is 6.85. The van der Waals surface area contributed by atoms with Gasteiger partial charge in [-0.25, -0.2) is 0 Å². The molecule has 4 aliphatic rings. The van der Waals surface area contributed by atoms with Gasteiger partial charge in [0.15, 0.2) is 11.6 Å². The molecule has 4 aliphatic carbocycles. The summed E-state index contributed by atoms with van der Waals surface area (Å²) in [5.74, 6) is -0.889. The van der Waals surface area contributed by atoms with Crippen molar-refractivity contribution in [2.75, 3.05) is 0 Å². The van der Waals surface area contributed by atoms with Crippen LogP contribution in [0.5, 0.6) is 0 Å². The third kappa shape index (κ3) is 2.02. The van der Waals surface area contributed by atoms with Crippen molar-refractivity contribution in [2.24, 2.45) is 28.6 Å². The molecule has 0 spiro atoms. The number of aliphatic hydroxyl groups excluding tert-OH is 1. The van der Waals surface area contributed by atoms with E-state index in [9.17, 15) is 24.6 Å². The number of fused-ring (bicyclic) bond motifs is 5. The molecule has 0 aliphatic heterocycles. The van der Waals surface area contributed by atoms with Gasteiger partial charge in [-0.1, -0.05) is 13.8 Å². The lowest BCUT2D eigenvalue weighted by Crippen LogP contribution is -2.60. The fourth-order valence-electron chi connectivity index (χ4n) is 6.85. The topological polar surface area (TPSA) is 91.7 Å². The predicted molar refractivity (Wildman–Crippen MR) is 94.1 cm³/mol. The molecule has 0 amide bonds. The van der Waals surface area contributed by atoms with Gasteiger partial charge >= 0.3 is 0 Å². The molecule has 0 aromatic rings. The minimum atomic E-state index is -1.15. The van der Waals surface area contributed by atoms with Crippen LogP contribution in [0.15, 0.2) is 11.6 Å². The third-order valence-corrected chi connectivity index (χ3v) is 8.45. The molecule has 142 valence electrons. The molecule has 2 N–H and O–H groups in total. The molecular weight excluding hydrogens is 332 g/mol. The number of carbonyl (C=O) groups excluding carboxylic acids is 3.